The summed E-state index contributed by atoms with van der Waals surface area (Å²) in [7, 11) is 0. The Hall–Kier alpha value is -1.96. The van der Waals surface area contributed by atoms with E-state index in [1.807, 2.05) is 30.3 Å². The molecule has 0 atom stereocenters. The number of ether oxygens (including phenoxy) is 1. The second kappa shape index (κ2) is 5.58. The Balaban J connectivity index is 2.32. The third kappa shape index (κ3) is 3.04. The molecular weight excluding hydrogens is 224 g/mol. The number of para-hydroxylation sites is 1. The molecule has 2 nitrogen and oxygen atoms in total. The Morgan fingerprint density at radius 1 is 1.22 bits per heavy atom. The van der Waals surface area contributed by atoms with Crippen LogP contribution < -0.4 is 4.74 Å². The molecular formula is C16H17O2. The van der Waals surface area contributed by atoms with Crippen molar-refractivity contribution < 1.29 is 9.84 Å². The highest BCUT2D eigenvalue weighted by Gasteiger charge is 2.07. The molecule has 0 aliphatic heterocycles. The maximum atomic E-state index is 9.53. The van der Waals surface area contributed by atoms with Gasteiger partial charge in [0.2, 0.25) is 0 Å². The van der Waals surface area contributed by atoms with E-state index in [1.54, 1.807) is 12.1 Å². The monoisotopic (exact) mass is 241 g/mol. The van der Waals surface area contributed by atoms with Crippen molar-refractivity contribution in [1.29, 1.82) is 0 Å². The van der Waals surface area contributed by atoms with Gasteiger partial charge in [-0.05, 0) is 23.6 Å². The van der Waals surface area contributed by atoms with Crippen molar-refractivity contribution in [1.82, 2.24) is 0 Å². The fourth-order valence-corrected chi connectivity index (χ4v) is 1.69. The summed E-state index contributed by atoms with van der Waals surface area (Å²) >= 11 is 0. The van der Waals surface area contributed by atoms with Crippen LogP contribution in [-0.4, -0.2) is 11.7 Å². The summed E-state index contributed by atoms with van der Waals surface area (Å²) in [5, 5.41) is 9.53. The predicted molar refractivity (Wildman–Crippen MR) is 72.7 cm³/mol. The topological polar surface area (TPSA) is 29.5 Å². The van der Waals surface area contributed by atoms with E-state index in [2.05, 4.69) is 19.9 Å². The van der Waals surface area contributed by atoms with E-state index in [-0.39, 0.29) is 5.75 Å². The summed E-state index contributed by atoms with van der Waals surface area (Å²) in [6, 6.07) is 16.0. The zero-order chi connectivity index (χ0) is 13.0. The van der Waals surface area contributed by atoms with Crippen LogP contribution in [0.5, 0.6) is 11.5 Å². The van der Waals surface area contributed by atoms with Crippen molar-refractivity contribution in [3.8, 4) is 22.6 Å². The van der Waals surface area contributed by atoms with Crippen molar-refractivity contribution in [3.63, 3.8) is 0 Å². The van der Waals surface area contributed by atoms with Crippen LogP contribution in [0.25, 0.3) is 11.1 Å². The van der Waals surface area contributed by atoms with Crippen molar-refractivity contribution in [2.75, 3.05) is 6.61 Å². The van der Waals surface area contributed by atoms with Gasteiger partial charge in [0.25, 0.3) is 0 Å². The Morgan fingerprint density at radius 2 is 2.06 bits per heavy atom. The Morgan fingerprint density at radius 3 is 2.78 bits per heavy atom. The van der Waals surface area contributed by atoms with Crippen LogP contribution in [0.3, 0.4) is 0 Å². The van der Waals surface area contributed by atoms with Gasteiger partial charge >= 0.3 is 0 Å². The number of benzene rings is 2. The molecule has 0 fully saturated rings. The first-order chi connectivity index (χ1) is 8.66. The number of aromatic hydroxyl groups is 1. The van der Waals surface area contributed by atoms with Crippen molar-refractivity contribution >= 4 is 0 Å². The van der Waals surface area contributed by atoms with Crippen molar-refractivity contribution in [3.05, 3.63) is 48.5 Å². The van der Waals surface area contributed by atoms with Gasteiger partial charge in [0.15, 0.2) is 0 Å². The van der Waals surface area contributed by atoms with Crippen LogP contribution in [0.1, 0.15) is 13.8 Å². The third-order valence-electron chi connectivity index (χ3n) is 2.54. The summed E-state index contributed by atoms with van der Waals surface area (Å²) in [6.45, 7) is 4.88. The van der Waals surface area contributed by atoms with Crippen LogP contribution in [0.15, 0.2) is 42.5 Å². The first kappa shape index (κ1) is 12.5. The normalized spacial score (nSPS) is 10.6. The van der Waals surface area contributed by atoms with E-state index in [0.29, 0.717) is 12.5 Å². The Bertz CT molecular complexity index is 518. The maximum absolute atomic E-state index is 9.53. The Kier molecular flexibility index (Phi) is 3.88. The first-order valence-electron chi connectivity index (χ1n) is 6.09. The lowest BCUT2D eigenvalue weighted by atomic mass is 10.0. The lowest BCUT2D eigenvalue weighted by Gasteiger charge is -2.13. The van der Waals surface area contributed by atoms with Gasteiger partial charge in [-0.25, -0.2) is 0 Å². The number of hydrogen-bond acceptors (Lipinski definition) is 2. The van der Waals surface area contributed by atoms with E-state index >= 15 is 0 Å². The molecule has 2 aromatic carbocycles. The highest BCUT2D eigenvalue weighted by Crippen LogP contribution is 2.31. The van der Waals surface area contributed by atoms with Crippen LogP contribution in [-0.2, 0) is 0 Å². The van der Waals surface area contributed by atoms with Crippen LogP contribution in [0.4, 0.5) is 0 Å². The van der Waals surface area contributed by atoms with Crippen molar-refractivity contribution in [2.45, 2.75) is 13.8 Å². The fourth-order valence-electron chi connectivity index (χ4n) is 1.69. The van der Waals surface area contributed by atoms with E-state index in [9.17, 15) is 5.11 Å². The van der Waals surface area contributed by atoms with Crippen LogP contribution in [0, 0.1) is 12.0 Å². The zero-order valence-electron chi connectivity index (χ0n) is 10.7. The standard InChI is InChI=1S/C16H17O2/c1-12(2)11-18-16-9-4-3-8-15(16)13-6-5-7-14(17)10-13/h3-8,10,12,17H,11H2,1-2H3. The molecule has 0 spiro atoms. The van der Waals surface area contributed by atoms with E-state index in [4.69, 9.17) is 4.74 Å². The second-order valence-corrected chi connectivity index (χ2v) is 4.67. The summed E-state index contributed by atoms with van der Waals surface area (Å²) in [5.41, 5.74) is 1.89. The van der Waals surface area contributed by atoms with Gasteiger partial charge in [-0.2, -0.15) is 0 Å². The van der Waals surface area contributed by atoms with Gasteiger partial charge in [-0.1, -0.05) is 44.2 Å². The molecule has 2 aromatic rings. The largest absolute Gasteiger partial charge is 0.508 e. The number of rotatable bonds is 4. The minimum absolute atomic E-state index is 0.256. The van der Waals surface area contributed by atoms with E-state index in [1.165, 1.54) is 0 Å². The first-order valence-corrected chi connectivity index (χ1v) is 6.09. The van der Waals surface area contributed by atoms with Gasteiger partial charge in [0, 0.05) is 11.6 Å². The highest BCUT2D eigenvalue weighted by atomic mass is 16.5. The predicted octanol–water partition coefficient (Wildman–Crippen LogP) is 3.89. The quantitative estimate of drug-likeness (QED) is 0.879. The van der Waals surface area contributed by atoms with Crippen LogP contribution in [0.2, 0.25) is 0 Å². The van der Waals surface area contributed by atoms with Crippen LogP contribution >= 0.6 is 0 Å². The number of phenols is 1. The number of hydrogen-bond donors (Lipinski definition) is 1. The molecule has 1 N–H and O–H groups in total. The molecule has 0 aliphatic carbocycles. The van der Waals surface area contributed by atoms with Gasteiger partial charge < -0.3 is 9.84 Å². The molecule has 93 valence electrons. The molecule has 0 saturated heterocycles. The highest BCUT2D eigenvalue weighted by molar-refractivity contribution is 5.71. The molecule has 0 amide bonds. The van der Waals surface area contributed by atoms with Crippen molar-refractivity contribution in [2.24, 2.45) is 5.92 Å². The molecule has 2 rings (SSSR count). The maximum Gasteiger partial charge on any atom is 0.135 e. The zero-order valence-corrected chi connectivity index (χ0v) is 10.7. The lowest BCUT2D eigenvalue weighted by molar-refractivity contribution is 0.271. The molecule has 18 heavy (non-hydrogen) atoms. The third-order valence-corrected chi connectivity index (χ3v) is 2.54. The Labute approximate surface area is 108 Å². The molecule has 0 aliphatic rings. The molecule has 0 saturated carbocycles. The molecule has 0 aromatic heterocycles. The average Bonchev–Trinajstić information content (AvgIpc) is 2.36. The fraction of sp³-hybridized carbons (Fsp3) is 0.250. The minimum atomic E-state index is 0.256. The summed E-state index contributed by atoms with van der Waals surface area (Å²) in [4.78, 5) is 0. The van der Waals surface area contributed by atoms with E-state index in [0.717, 1.165) is 16.9 Å². The summed E-state index contributed by atoms with van der Waals surface area (Å²) in [6.07, 6.45) is 0. The SMILES string of the molecule is CC(C)COc1[c]cccc1-c1cccc(O)c1. The molecule has 0 bridgehead atoms. The molecule has 0 unspecified atom stereocenters. The summed E-state index contributed by atoms with van der Waals surface area (Å²) in [5.74, 6) is 1.46. The van der Waals surface area contributed by atoms with Gasteiger partial charge in [0.05, 0.1) is 6.61 Å². The number of phenolic OH excluding ortho intramolecular Hbond substituents is 1. The molecule has 1 radical (unpaired) electrons. The average molecular weight is 241 g/mol. The summed E-state index contributed by atoms with van der Waals surface area (Å²) < 4.78 is 5.76. The smallest absolute Gasteiger partial charge is 0.135 e. The van der Waals surface area contributed by atoms with Gasteiger partial charge in [-0.15, -0.1) is 0 Å². The molecule has 2 heteroatoms. The van der Waals surface area contributed by atoms with Gasteiger partial charge in [-0.3, -0.25) is 0 Å². The second-order valence-electron chi connectivity index (χ2n) is 4.67. The molecule has 0 heterocycles. The van der Waals surface area contributed by atoms with Gasteiger partial charge in [0.1, 0.15) is 11.5 Å². The van der Waals surface area contributed by atoms with E-state index < -0.39 is 0 Å². The lowest BCUT2D eigenvalue weighted by Crippen LogP contribution is -2.05. The minimum Gasteiger partial charge on any atom is -0.508 e.